The van der Waals surface area contributed by atoms with Gasteiger partial charge < -0.3 is 5.73 Å². The largest absolute Gasteiger partial charge is 0.398 e. The molecule has 0 unspecified atom stereocenters. The summed E-state index contributed by atoms with van der Waals surface area (Å²) in [7, 11) is -3.71. The van der Waals surface area contributed by atoms with Crippen molar-refractivity contribution in [3.8, 4) is 0 Å². The van der Waals surface area contributed by atoms with Crippen molar-refractivity contribution in [1.82, 2.24) is 10.2 Å². The summed E-state index contributed by atoms with van der Waals surface area (Å²) in [4.78, 5) is 0.654. The third kappa shape index (κ3) is 3.11. The van der Waals surface area contributed by atoms with Crippen LogP contribution in [0.5, 0.6) is 0 Å². The molecular weight excluding hydrogens is 304 g/mol. The van der Waals surface area contributed by atoms with Gasteiger partial charge in [-0.25, -0.2) is 0 Å². The maximum Gasteiger partial charge on any atom is 0.281 e. The van der Waals surface area contributed by atoms with E-state index in [1.807, 2.05) is 6.92 Å². The van der Waals surface area contributed by atoms with Crippen molar-refractivity contribution in [1.29, 1.82) is 0 Å². The van der Waals surface area contributed by atoms with Crippen LogP contribution in [-0.4, -0.2) is 25.3 Å². The molecule has 9 heteroatoms. The number of sulfonamides is 1. The summed E-state index contributed by atoms with van der Waals surface area (Å²) in [5.74, 6) is 0. The molecule has 2 rings (SSSR count). The fourth-order valence-electron chi connectivity index (χ4n) is 1.25. The minimum Gasteiger partial charge on any atom is -0.398 e. The third-order valence-electron chi connectivity index (χ3n) is 2.16. The van der Waals surface area contributed by atoms with Gasteiger partial charge in [0.25, 0.3) is 10.0 Å². The van der Waals surface area contributed by atoms with Crippen LogP contribution in [0.1, 0.15) is 5.01 Å². The second kappa shape index (κ2) is 5.27. The van der Waals surface area contributed by atoms with Gasteiger partial charge in [-0.15, -0.1) is 10.2 Å². The molecule has 0 bridgehead atoms. The quantitative estimate of drug-likeness (QED) is 0.684. The smallest absolute Gasteiger partial charge is 0.281 e. The lowest BCUT2D eigenvalue weighted by Gasteiger charge is -2.05. The molecule has 0 aliphatic carbocycles. The third-order valence-corrected chi connectivity index (χ3v) is 5.31. The van der Waals surface area contributed by atoms with E-state index >= 15 is 0 Å². The van der Waals surface area contributed by atoms with Crippen molar-refractivity contribution < 1.29 is 8.42 Å². The fourth-order valence-corrected chi connectivity index (χ4v) is 3.84. The van der Waals surface area contributed by atoms with Crippen molar-refractivity contribution in [3.63, 3.8) is 0 Å². The highest BCUT2D eigenvalue weighted by molar-refractivity contribution is 8.01. The molecule has 100 valence electrons. The van der Waals surface area contributed by atoms with Gasteiger partial charge in [-0.3, -0.25) is 0 Å². The Morgan fingerprint density at radius 1 is 1.42 bits per heavy atom. The summed E-state index contributed by atoms with van der Waals surface area (Å²) >= 11 is 2.68. The molecule has 0 saturated carbocycles. The predicted octanol–water partition coefficient (Wildman–Crippen LogP) is 1.97. The van der Waals surface area contributed by atoms with Gasteiger partial charge in [0.2, 0.25) is 0 Å². The van der Waals surface area contributed by atoms with Crippen LogP contribution in [0.2, 0.25) is 0 Å². The van der Waals surface area contributed by atoms with Crippen LogP contribution in [0.4, 0.5) is 5.69 Å². The van der Waals surface area contributed by atoms with Gasteiger partial charge in [0, 0.05) is 17.3 Å². The molecule has 2 N–H and O–H groups in total. The van der Waals surface area contributed by atoms with E-state index in [4.69, 9.17) is 5.73 Å². The standard InChI is InChI=1S/C10H10N4O2S3/c1-6-13-14-10(17-6)18-9-5-7(3-4-8(9)11)19(15,16)12-2/h3-5H,2,11H2,1H3. The van der Waals surface area contributed by atoms with Crippen LogP contribution in [0.15, 0.2) is 36.7 Å². The molecule has 1 aromatic carbocycles. The molecule has 1 heterocycles. The van der Waals surface area contributed by atoms with Crippen molar-refractivity contribution in [2.24, 2.45) is 4.40 Å². The second-order valence-electron chi connectivity index (χ2n) is 3.49. The molecule has 0 spiro atoms. The number of nitrogen functional groups attached to an aromatic ring is 1. The monoisotopic (exact) mass is 314 g/mol. The minimum atomic E-state index is -3.71. The zero-order valence-corrected chi connectivity index (χ0v) is 12.3. The zero-order valence-electron chi connectivity index (χ0n) is 9.90. The van der Waals surface area contributed by atoms with Crippen molar-refractivity contribution in [3.05, 3.63) is 23.2 Å². The maximum absolute atomic E-state index is 11.6. The molecule has 0 radical (unpaired) electrons. The normalized spacial score (nSPS) is 11.4. The number of aromatic nitrogens is 2. The van der Waals surface area contributed by atoms with Gasteiger partial charge in [0.15, 0.2) is 4.34 Å². The fraction of sp³-hybridized carbons (Fsp3) is 0.100. The molecule has 0 fully saturated rings. The molecule has 2 aromatic rings. The van der Waals surface area contributed by atoms with Crippen LogP contribution in [0, 0.1) is 6.92 Å². The van der Waals surface area contributed by atoms with Crippen molar-refractivity contribution in [2.45, 2.75) is 21.1 Å². The van der Waals surface area contributed by atoms with Gasteiger partial charge >= 0.3 is 0 Å². The molecule has 0 atom stereocenters. The van der Waals surface area contributed by atoms with Gasteiger partial charge in [-0.05, 0) is 25.1 Å². The van der Waals surface area contributed by atoms with E-state index < -0.39 is 10.0 Å². The molecule has 1 aromatic heterocycles. The van der Waals surface area contributed by atoms with Crippen LogP contribution in [-0.2, 0) is 10.0 Å². The van der Waals surface area contributed by atoms with Crippen molar-refractivity contribution in [2.75, 3.05) is 5.73 Å². The Bertz CT molecular complexity index is 724. The highest BCUT2D eigenvalue weighted by Crippen LogP contribution is 2.35. The topological polar surface area (TPSA) is 98.3 Å². The summed E-state index contributed by atoms with van der Waals surface area (Å²) in [6.45, 7) is 4.89. The molecule has 0 aliphatic rings. The Labute approximate surface area is 118 Å². The zero-order chi connectivity index (χ0) is 14.0. The highest BCUT2D eigenvalue weighted by Gasteiger charge is 2.14. The van der Waals surface area contributed by atoms with E-state index in [-0.39, 0.29) is 4.90 Å². The van der Waals surface area contributed by atoms with Crippen molar-refractivity contribution >= 4 is 45.5 Å². The first-order valence-electron chi connectivity index (χ1n) is 5.03. The number of nitrogens with two attached hydrogens (primary N) is 1. The number of hydrogen-bond acceptors (Lipinski definition) is 7. The Kier molecular flexibility index (Phi) is 3.88. The summed E-state index contributed by atoms with van der Waals surface area (Å²) < 4.78 is 27.1. The first-order chi connectivity index (χ1) is 8.92. The Hall–Kier alpha value is -1.45. The molecule has 0 amide bonds. The van der Waals surface area contributed by atoms with Gasteiger partial charge in [-0.2, -0.15) is 12.8 Å². The summed E-state index contributed by atoms with van der Waals surface area (Å²) in [6.07, 6.45) is 0. The number of hydrogen-bond donors (Lipinski definition) is 1. The Balaban J connectivity index is 2.40. The van der Waals surface area contributed by atoms with E-state index in [1.54, 1.807) is 0 Å². The highest BCUT2D eigenvalue weighted by atomic mass is 32.2. The Morgan fingerprint density at radius 3 is 2.74 bits per heavy atom. The lowest BCUT2D eigenvalue weighted by molar-refractivity contribution is 0.598. The van der Waals surface area contributed by atoms with E-state index in [2.05, 4.69) is 21.3 Å². The average Bonchev–Trinajstić information content (AvgIpc) is 2.77. The Morgan fingerprint density at radius 2 is 2.16 bits per heavy atom. The number of benzene rings is 1. The van der Waals surface area contributed by atoms with Gasteiger partial charge in [-0.1, -0.05) is 23.1 Å². The molecule has 19 heavy (non-hydrogen) atoms. The SMILES string of the molecule is C=NS(=O)(=O)c1ccc(N)c(Sc2nnc(C)s2)c1. The minimum absolute atomic E-state index is 0.0560. The molecule has 6 nitrogen and oxygen atoms in total. The van der Waals surface area contributed by atoms with E-state index in [0.29, 0.717) is 14.9 Å². The first-order valence-corrected chi connectivity index (χ1v) is 8.10. The number of anilines is 1. The lowest BCUT2D eigenvalue weighted by Crippen LogP contribution is -1.98. The molecule has 0 aliphatic heterocycles. The summed E-state index contributed by atoms with van der Waals surface area (Å²) in [5, 5.41) is 8.68. The number of rotatable bonds is 4. The van der Waals surface area contributed by atoms with E-state index in [0.717, 1.165) is 5.01 Å². The van der Waals surface area contributed by atoms with E-state index in [1.165, 1.54) is 41.3 Å². The second-order valence-corrected chi connectivity index (χ2v) is 7.64. The lowest BCUT2D eigenvalue weighted by atomic mass is 10.3. The summed E-state index contributed by atoms with van der Waals surface area (Å²) in [5.41, 5.74) is 6.30. The predicted molar refractivity (Wildman–Crippen MR) is 76.4 cm³/mol. The molecule has 0 saturated heterocycles. The summed E-state index contributed by atoms with van der Waals surface area (Å²) in [6, 6.07) is 4.38. The van der Waals surface area contributed by atoms with Crippen LogP contribution in [0.3, 0.4) is 0 Å². The van der Waals surface area contributed by atoms with Gasteiger partial charge in [0.1, 0.15) is 5.01 Å². The average molecular weight is 314 g/mol. The van der Waals surface area contributed by atoms with Gasteiger partial charge in [0.05, 0.1) is 4.90 Å². The molecular formula is C10H10N4O2S3. The number of aryl methyl sites for hydroxylation is 1. The first kappa shape index (κ1) is 14.0. The number of nitrogens with zero attached hydrogens (tertiary/aromatic N) is 3. The van der Waals surface area contributed by atoms with Crippen LogP contribution in [0.25, 0.3) is 0 Å². The van der Waals surface area contributed by atoms with Crippen LogP contribution < -0.4 is 5.73 Å². The van der Waals surface area contributed by atoms with E-state index in [9.17, 15) is 8.42 Å². The van der Waals surface area contributed by atoms with Crippen LogP contribution >= 0.6 is 23.1 Å². The maximum atomic E-state index is 11.6.